The lowest BCUT2D eigenvalue weighted by Crippen LogP contribution is -2.03. The first kappa shape index (κ1) is 23.8. The quantitative estimate of drug-likeness (QED) is 0.254. The van der Waals surface area contributed by atoms with Gasteiger partial charge in [0.05, 0.1) is 26.4 Å². The maximum absolute atomic E-state index is 8.11. The molecule has 0 atom stereocenters. The van der Waals surface area contributed by atoms with Crippen LogP contribution in [0.2, 0.25) is 0 Å². The van der Waals surface area contributed by atoms with Gasteiger partial charge in [0.25, 0.3) is 0 Å². The van der Waals surface area contributed by atoms with Crippen LogP contribution in [-0.4, -0.2) is 69.6 Å². The molecule has 0 fully saturated rings. The molecule has 0 aliphatic carbocycles. The summed E-state index contributed by atoms with van der Waals surface area (Å²) in [7, 11) is 0. The molecule has 0 aromatic heterocycles. The maximum atomic E-state index is 8.11. The van der Waals surface area contributed by atoms with Gasteiger partial charge in [-0.15, -0.1) is 0 Å². The van der Waals surface area contributed by atoms with E-state index in [0.717, 1.165) is 12.8 Å². The molecule has 0 spiro atoms. The second-order valence-corrected chi connectivity index (χ2v) is 3.60. The molecule has 0 radical (unpaired) electrons. The van der Waals surface area contributed by atoms with Crippen LogP contribution >= 0.6 is 0 Å². The molecule has 19 heavy (non-hydrogen) atoms. The number of hydrogen-bond donors (Lipinski definition) is 6. The van der Waals surface area contributed by atoms with Gasteiger partial charge in [0.1, 0.15) is 0 Å². The number of aliphatic hydroxyl groups excluding tert-OH is 4. The second-order valence-electron chi connectivity index (χ2n) is 3.60. The summed E-state index contributed by atoms with van der Waals surface area (Å²) in [4.78, 5) is 0. The molecule has 0 aliphatic rings. The van der Waals surface area contributed by atoms with Crippen LogP contribution in [0.15, 0.2) is 0 Å². The minimum Gasteiger partial charge on any atom is -0.394 e. The summed E-state index contributed by atoms with van der Waals surface area (Å²) >= 11 is 0. The van der Waals surface area contributed by atoms with Crippen molar-refractivity contribution < 1.29 is 35.4 Å². The van der Waals surface area contributed by atoms with Crippen LogP contribution in [0.1, 0.15) is 39.5 Å². The Morgan fingerprint density at radius 2 is 1.05 bits per heavy atom. The summed E-state index contributed by atoms with van der Waals surface area (Å²) in [6, 6.07) is 0. The first-order valence-corrected chi connectivity index (χ1v) is 6.47. The third-order valence-electron chi connectivity index (χ3n) is 1.56. The van der Waals surface area contributed by atoms with Crippen LogP contribution in [0, 0.1) is 0 Å². The largest absolute Gasteiger partial charge is 0.394 e. The molecule has 0 saturated carbocycles. The fourth-order valence-electron chi connectivity index (χ4n) is 0.748. The van der Waals surface area contributed by atoms with Crippen LogP contribution < -0.4 is 0 Å². The molecule has 0 rings (SSSR count). The number of hydrogen-bond acceptors (Lipinski definition) is 7. The van der Waals surface area contributed by atoms with Gasteiger partial charge in [-0.2, -0.15) is 0 Å². The predicted octanol–water partition coefficient (Wildman–Crippen LogP) is -0.818. The molecule has 120 valence electrons. The summed E-state index contributed by atoms with van der Waals surface area (Å²) in [5.74, 6) is 0. The topological polar surface area (TPSA) is 131 Å². The van der Waals surface area contributed by atoms with E-state index in [1.165, 1.54) is 0 Å². The Kier molecular flexibility index (Phi) is 28.6. The number of ether oxygens (including phenoxy) is 1. The van der Waals surface area contributed by atoms with Crippen molar-refractivity contribution in [3.05, 3.63) is 0 Å². The van der Waals surface area contributed by atoms with Crippen molar-refractivity contribution in [2.45, 2.75) is 52.1 Å². The predicted molar refractivity (Wildman–Crippen MR) is 71.3 cm³/mol. The van der Waals surface area contributed by atoms with E-state index in [4.69, 9.17) is 30.6 Å². The van der Waals surface area contributed by atoms with Crippen LogP contribution in [-0.2, 0) is 4.74 Å². The van der Waals surface area contributed by atoms with Crippen molar-refractivity contribution in [2.24, 2.45) is 0 Å². The average molecular weight is 286 g/mol. The van der Waals surface area contributed by atoms with Gasteiger partial charge in [0.15, 0.2) is 12.6 Å². The summed E-state index contributed by atoms with van der Waals surface area (Å²) in [6.45, 7) is 4.50. The minimum absolute atomic E-state index is 0.0278. The van der Waals surface area contributed by atoms with Crippen molar-refractivity contribution in [3.8, 4) is 0 Å². The van der Waals surface area contributed by atoms with E-state index in [2.05, 4.69) is 4.74 Å². The maximum Gasteiger partial charge on any atom is 0.151 e. The number of aliphatic hydroxyl groups is 6. The van der Waals surface area contributed by atoms with Gasteiger partial charge in [0, 0.05) is 0 Å². The Morgan fingerprint density at radius 1 is 0.737 bits per heavy atom. The van der Waals surface area contributed by atoms with Gasteiger partial charge >= 0.3 is 0 Å². The molecular formula is C12H30O7. The number of rotatable bonds is 8. The lowest BCUT2D eigenvalue weighted by Gasteiger charge is -1.94. The van der Waals surface area contributed by atoms with Crippen molar-refractivity contribution >= 4 is 0 Å². The Balaban J connectivity index is -0.000000203. The summed E-state index contributed by atoms with van der Waals surface area (Å²) < 4.78 is 4.63. The molecule has 0 aliphatic heterocycles. The molecule has 0 saturated heterocycles. The fourth-order valence-corrected chi connectivity index (χ4v) is 0.748. The van der Waals surface area contributed by atoms with Crippen molar-refractivity contribution in [1.82, 2.24) is 0 Å². The van der Waals surface area contributed by atoms with Crippen LogP contribution in [0.4, 0.5) is 0 Å². The van der Waals surface area contributed by atoms with Crippen molar-refractivity contribution in [1.29, 1.82) is 0 Å². The molecule has 6 N–H and O–H groups in total. The third kappa shape index (κ3) is 46.3. The van der Waals surface area contributed by atoms with Gasteiger partial charge in [-0.3, -0.25) is 0 Å². The molecule has 0 bridgehead atoms. The Hall–Kier alpha value is -0.280. The SMILES string of the molecule is CCCC(O)O.CCCC(O)O.OCCOCCO. The minimum atomic E-state index is -1.10. The highest BCUT2D eigenvalue weighted by molar-refractivity contribution is 4.31. The fraction of sp³-hybridized carbons (Fsp3) is 1.00. The van der Waals surface area contributed by atoms with Crippen molar-refractivity contribution in [2.75, 3.05) is 26.4 Å². The third-order valence-corrected chi connectivity index (χ3v) is 1.56. The van der Waals surface area contributed by atoms with E-state index in [0.29, 0.717) is 26.1 Å². The highest BCUT2D eigenvalue weighted by atomic mass is 16.5. The van der Waals surface area contributed by atoms with Gasteiger partial charge in [0.2, 0.25) is 0 Å². The normalized spacial score (nSPS) is 9.79. The standard InChI is InChI=1S/C4H10O3.2C4H10O2/c5-1-3-7-4-2-6;2*1-2-3-4(5)6/h5-6H,1-4H2;2*4-6H,2-3H2,1H3. The molecule has 7 nitrogen and oxygen atoms in total. The Labute approximate surface area is 115 Å². The highest BCUT2D eigenvalue weighted by Gasteiger charge is 1.89. The first-order valence-electron chi connectivity index (χ1n) is 6.47. The van der Waals surface area contributed by atoms with Crippen LogP contribution in [0.25, 0.3) is 0 Å². The molecule has 0 amide bonds. The first-order chi connectivity index (χ1) is 8.95. The van der Waals surface area contributed by atoms with Gasteiger partial charge in [-0.1, -0.05) is 26.7 Å². The van der Waals surface area contributed by atoms with E-state index in [1.807, 2.05) is 13.8 Å². The lowest BCUT2D eigenvalue weighted by molar-refractivity contribution is -0.0460. The molecular weight excluding hydrogens is 256 g/mol. The smallest absolute Gasteiger partial charge is 0.151 e. The molecule has 7 heteroatoms. The van der Waals surface area contributed by atoms with E-state index in [-0.39, 0.29) is 13.2 Å². The van der Waals surface area contributed by atoms with Gasteiger partial charge < -0.3 is 35.4 Å². The summed E-state index contributed by atoms with van der Waals surface area (Å²) in [6.07, 6.45) is 0.431. The monoisotopic (exact) mass is 286 g/mol. The summed E-state index contributed by atoms with van der Waals surface area (Å²) in [5, 5.41) is 48.6. The zero-order valence-corrected chi connectivity index (χ0v) is 11.9. The van der Waals surface area contributed by atoms with Crippen molar-refractivity contribution in [3.63, 3.8) is 0 Å². The van der Waals surface area contributed by atoms with Crippen LogP contribution in [0.3, 0.4) is 0 Å². The zero-order chi connectivity index (χ0) is 15.5. The second kappa shape index (κ2) is 22.9. The van der Waals surface area contributed by atoms with Gasteiger partial charge in [-0.25, -0.2) is 0 Å². The van der Waals surface area contributed by atoms with Gasteiger partial charge in [-0.05, 0) is 12.8 Å². The Morgan fingerprint density at radius 3 is 1.16 bits per heavy atom. The van der Waals surface area contributed by atoms with E-state index < -0.39 is 12.6 Å². The highest BCUT2D eigenvalue weighted by Crippen LogP contribution is 1.88. The summed E-state index contributed by atoms with van der Waals surface area (Å²) in [5.41, 5.74) is 0. The van der Waals surface area contributed by atoms with E-state index >= 15 is 0 Å². The van der Waals surface area contributed by atoms with E-state index in [9.17, 15) is 0 Å². The molecule has 0 aromatic rings. The lowest BCUT2D eigenvalue weighted by atomic mass is 10.3. The van der Waals surface area contributed by atoms with E-state index in [1.54, 1.807) is 0 Å². The zero-order valence-electron chi connectivity index (χ0n) is 11.9. The molecule has 0 unspecified atom stereocenters. The van der Waals surface area contributed by atoms with Crippen LogP contribution in [0.5, 0.6) is 0 Å². The Bertz CT molecular complexity index is 117. The molecule has 0 heterocycles. The average Bonchev–Trinajstić information content (AvgIpc) is 2.31. The molecule has 0 aromatic carbocycles.